The standard InChI is InChI=1S/C7H13NO2/c1-2-4-9-6-7-10-5-3-8/h2-3,8H,1,4-7H2. The first-order chi connectivity index (χ1) is 4.91. The van der Waals surface area contributed by atoms with Gasteiger partial charge in [-0.05, 0) is 0 Å². The first-order valence-corrected chi connectivity index (χ1v) is 3.17. The highest BCUT2D eigenvalue weighted by Crippen LogP contribution is 1.76. The molecule has 0 amide bonds. The lowest BCUT2D eigenvalue weighted by Crippen LogP contribution is -2.05. The molecular weight excluding hydrogens is 130 g/mol. The Morgan fingerprint density at radius 2 is 1.80 bits per heavy atom. The second-order valence-electron chi connectivity index (χ2n) is 1.64. The van der Waals surface area contributed by atoms with Crippen molar-refractivity contribution in [3.63, 3.8) is 0 Å². The molecule has 0 aliphatic rings. The average Bonchev–Trinajstić information content (AvgIpc) is 1.97. The van der Waals surface area contributed by atoms with E-state index in [2.05, 4.69) is 6.58 Å². The van der Waals surface area contributed by atoms with Crippen molar-refractivity contribution < 1.29 is 9.47 Å². The van der Waals surface area contributed by atoms with Crippen molar-refractivity contribution in [3.05, 3.63) is 12.7 Å². The molecule has 0 fully saturated rings. The molecule has 0 unspecified atom stereocenters. The molecule has 3 nitrogen and oxygen atoms in total. The van der Waals surface area contributed by atoms with Gasteiger partial charge in [0, 0.05) is 6.21 Å². The van der Waals surface area contributed by atoms with Gasteiger partial charge in [-0.25, -0.2) is 0 Å². The molecular formula is C7H13NO2. The molecule has 0 rings (SSSR count). The molecule has 0 saturated carbocycles. The molecule has 1 N–H and O–H groups in total. The van der Waals surface area contributed by atoms with Crippen LogP contribution in [0.2, 0.25) is 0 Å². The molecule has 0 atom stereocenters. The number of hydrogen-bond acceptors (Lipinski definition) is 3. The van der Waals surface area contributed by atoms with E-state index in [1.54, 1.807) is 6.08 Å². The zero-order chi connectivity index (χ0) is 7.66. The van der Waals surface area contributed by atoms with E-state index in [9.17, 15) is 0 Å². The molecule has 0 saturated heterocycles. The molecule has 0 aliphatic carbocycles. The van der Waals surface area contributed by atoms with Crippen molar-refractivity contribution in [2.24, 2.45) is 0 Å². The third kappa shape index (κ3) is 7.33. The van der Waals surface area contributed by atoms with Gasteiger partial charge in [0.05, 0.1) is 26.4 Å². The molecule has 10 heavy (non-hydrogen) atoms. The van der Waals surface area contributed by atoms with E-state index in [0.717, 1.165) is 0 Å². The molecule has 0 aromatic heterocycles. The van der Waals surface area contributed by atoms with Crippen LogP contribution in [0.15, 0.2) is 12.7 Å². The Morgan fingerprint density at radius 1 is 1.20 bits per heavy atom. The SMILES string of the molecule is C=CCOCCOCC=N. The summed E-state index contributed by atoms with van der Waals surface area (Å²) in [5.74, 6) is 0. The molecule has 0 bridgehead atoms. The Balaban J connectivity index is 2.76. The Morgan fingerprint density at radius 3 is 2.30 bits per heavy atom. The minimum Gasteiger partial charge on any atom is -0.375 e. The molecule has 0 aromatic rings. The first-order valence-electron chi connectivity index (χ1n) is 3.17. The summed E-state index contributed by atoms with van der Waals surface area (Å²) >= 11 is 0. The summed E-state index contributed by atoms with van der Waals surface area (Å²) in [6, 6.07) is 0. The fraction of sp³-hybridized carbons (Fsp3) is 0.571. The van der Waals surface area contributed by atoms with E-state index in [0.29, 0.717) is 26.4 Å². The van der Waals surface area contributed by atoms with Crippen molar-refractivity contribution in [2.75, 3.05) is 26.4 Å². The summed E-state index contributed by atoms with van der Waals surface area (Å²) in [5, 5.41) is 6.61. The van der Waals surface area contributed by atoms with Crippen molar-refractivity contribution >= 4 is 6.21 Å². The predicted molar refractivity (Wildman–Crippen MR) is 40.6 cm³/mol. The lowest BCUT2D eigenvalue weighted by atomic mass is 10.7. The third-order valence-electron chi connectivity index (χ3n) is 0.809. The highest BCUT2D eigenvalue weighted by atomic mass is 16.5. The van der Waals surface area contributed by atoms with E-state index in [1.165, 1.54) is 6.21 Å². The largest absolute Gasteiger partial charge is 0.375 e. The molecule has 0 aromatic carbocycles. The van der Waals surface area contributed by atoms with Gasteiger partial charge >= 0.3 is 0 Å². The van der Waals surface area contributed by atoms with Crippen molar-refractivity contribution in [1.29, 1.82) is 5.41 Å². The average molecular weight is 143 g/mol. The van der Waals surface area contributed by atoms with E-state index >= 15 is 0 Å². The number of ether oxygens (including phenoxy) is 2. The Hall–Kier alpha value is -0.670. The summed E-state index contributed by atoms with van der Waals surface area (Å²) in [7, 11) is 0. The second kappa shape index (κ2) is 8.33. The van der Waals surface area contributed by atoms with Gasteiger partial charge in [0.2, 0.25) is 0 Å². The molecule has 0 radical (unpaired) electrons. The topological polar surface area (TPSA) is 42.3 Å². The van der Waals surface area contributed by atoms with Crippen LogP contribution in [-0.2, 0) is 9.47 Å². The first kappa shape index (κ1) is 9.33. The fourth-order valence-electron chi connectivity index (χ4n) is 0.427. The molecule has 0 spiro atoms. The smallest absolute Gasteiger partial charge is 0.0812 e. The highest BCUT2D eigenvalue weighted by Gasteiger charge is 1.83. The van der Waals surface area contributed by atoms with Gasteiger partial charge in [-0.1, -0.05) is 6.08 Å². The quantitative estimate of drug-likeness (QED) is 0.326. The van der Waals surface area contributed by atoms with Crippen LogP contribution < -0.4 is 0 Å². The third-order valence-corrected chi connectivity index (χ3v) is 0.809. The zero-order valence-corrected chi connectivity index (χ0v) is 6.01. The Labute approximate surface area is 61.2 Å². The van der Waals surface area contributed by atoms with Crippen molar-refractivity contribution in [1.82, 2.24) is 0 Å². The van der Waals surface area contributed by atoms with Crippen LogP contribution in [0, 0.1) is 5.41 Å². The fourth-order valence-corrected chi connectivity index (χ4v) is 0.427. The Bertz CT molecular complexity index is 81.6. The van der Waals surface area contributed by atoms with Crippen LogP contribution in [0.3, 0.4) is 0 Å². The zero-order valence-electron chi connectivity index (χ0n) is 6.01. The lowest BCUT2D eigenvalue weighted by Gasteiger charge is -1.99. The van der Waals surface area contributed by atoms with Crippen LogP contribution in [0.25, 0.3) is 0 Å². The summed E-state index contributed by atoms with van der Waals surface area (Å²) < 4.78 is 9.94. The van der Waals surface area contributed by atoms with Gasteiger partial charge in [0.1, 0.15) is 0 Å². The molecule has 0 heterocycles. The van der Waals surface area contributed by atoms with Crippen molar-refractivity contribution in [3.8, 4) is 0 Å². The number of rotatable bonds is 7. The van der Waals surface area contributed by atoms with Crippen LogP contribution in [0.5, 0.6) is 0 Å². The van der Waals surface area contributed by atoms with Crippen LogP contribution >= 0.6 is 0 Å². The number of nitrogens with one attached hydrogen (secondary N) is 1. The van der Waals surface area contributed by atoms with E-state index in [4.69, 9.17) is 14.9 Å². The molecule has 0 aliphatic heterocycles. The predicted octanol–water partition coefficient (Wildman–Crippen LogP) is 0.855. The van der Waals surface area contributed by atoms with Gasteiger partial charge in [0.15, 0.2) is 0 Å². The summed E-state index contributed by atoms with van der Waals surface area (Å²) in [5.41, 5.74) is 0. The van der Waals surface area contributed by atoms with Crippen molar-refractivity contribution in [2.45, 2.75) is 0 Å². The van der Waals surface area contributed by atoms with E-state index in [1.807, 2.05) is 0 Å². The van der Waals surface area contributed by atoms with Gasteiger partial charge < -0.3 is 14.9 Å². The van der Waals surface area contributed by atoms with E-state index in [-0.39, 0.29) is 0 Å². The maximum atomic E-state index is 6.61. The maximum Gasteiger partial charge on any atom is 0.0812 e. The van der Waals surface area contributed by atoms with Gasteiger partial charge in [-0.3, -0.25) is 0 Å². The van der Waals surface area contributed by atoms with Crippen LogP contribution in [0.1, 0.15) is 0 Å². The highest BCUT2D eigenvalue weighted by molar-refractivity contribution is 5.53. The lowest BCUT2D eigenvalue weighted by molar-refractivity contribution is 0.0757. The van der Waals surface area contributed by atoms with Gasteiger partial charge in [-0.2, -0.15) is 0 Å². The normalized spacial score (nSPS) is 9.20. The second-order valence-corrected chi connectivity index (χ2v) is 1.64. The number of hydrogen-bond donors (Lipinski definition) is 1. The van der Waals surface area contributed by atoms with Crippen LogP contribution in [-0.4, -0.2) is 32.6 Å². The molecule has 3 heteroatoms. The van der Waals surface area contributed by atoms with Gasteiger partial charge in [-0.15, -0.1) is 6.58 Å². The summed E-state index contributed by atoms with van der Waals surface area (Å²) in [6.45, 7) is 5.54. The minimum atomic E-state index is 0.372. The summed E-state index contributed by atoms with van der Waals surface area (Å²) in [4.78, 5) is 0. The monoisotopic (exact) mass is 143 g/mol. The summed E-state index contributed by atoms with van der Waals surface area (Å²) in [6.07, 6.45) is 2.91. The van der Waals surface area contributed by atoms with Crippen LogP contribution in [0.4, 0.5) is 0 Å². The Kier molecular flexibility index (Phi) is 7.77. The molecule has 58 valence electrons. The minimum absolute atomic E-state index is 0.372. The maximum absolute atomic E-state index is 6.61. The van der Waals surface area contributed by atoms with E-state index < -0.39 is 0 Å². The van der Waals surface area contributed by atoms with Gasteiger partial charge in [0.25, 0.3) is 0 Å².